The predicted octanol–water partition coefficient (Wildman–Crippen LogP) is 3.83. The zero-order chi connectivity index (χ0) is 15.7. The zero-order valence-corrected chi connectivity index (χ0v) is 13.3. The highest BCUT2D eigenvalue weighted by atomic mass is 16.5. The molecule has 1 aliphatic rings. The highest BCUT2D eigenvalue weighted by Gasteiger charge is 2.27. The average Bonchev–Trinajstić information content (AvgIpc) is 2.54. The molecule has 0 spiro atoms. The normalized spacial score (nSPS) is 17.0. The Morgan fingerprint density at radius 2 is 1.91 bits per heavy atom. The predicted molar refractivity (Wildman–Crippen MR) is 87.9 cm³/mol. The van der Waals surface area contributed by atoms with Gasteiger partial charge in [-0.15, -0.1) is 0 Å². The highest BCUT2D eigenvalue weighted by Crippen LogP contribution is 2.36. The molecule has 2 aromatic carbocycles. The van der Waals surface area contributed by atoms with Crippen molar-refractivity contribution in [3.8, 4) is 16.9 Å². The molecule has 3 heteroatoms. The van der Waals surface area contributed by atoms with Crippen LogP contribution in [0.15, 0.2) is 42.5 Å². The van der Waals surface area contributed by atoms with Gasteiger partial charge in [0.1, 0.15) is 5.75 Å². The maximum atomic E-state index is 11.8. The number of carbonyl (C=O) groups is 1. The Morgan fingerprint density at radius 3 is 2.55 bits per heavy atom. The minimum Gasteiger partial charge on any atom is -0.497 e. The Balaban J connectivity index is 2.03. The second-order valence-electron chi connectivity index (χ2n) is 5.74. The summed E-state index contributed by atoms with van der Waals surface area (Å²) >= 11 is 0. The minimum absolute atomic E-state index is 0.138. The summed E-state index contributed by atoms with van der Waals surface area (Å²) in [5.41, 5.74) is 5.07. The molecule has 3 nitrogen and oxygen atoms in total. The van der Waals surface area contributed by atoms with Gasteiger partial charge in [0.05, 0.1) is 13.2 Å². The van der Waals surface area contributed by atoms with E-state index < -0.39 is 0 Å². The molecule has 1 aliphatic heterocycles. The van der Waals surface area contributed by atoms with Crippen LogP contribution in [0.3, 0.4) is 0 Å². The van der Waals surface area contributed by atoms with E-state index in [2.05, 4.69) is 37.3 Å². The van der Waals surface area contributed by atoms with Gasteiger partial charge in [-0.25, -0.2) is 0 Å². The van der Waals surface area contributed by atoms with Gasteiger partial charge in [0, 0.05) is 13.5 Å². The molecule has 1 amide bonds. The molecule has 1 atom stereocenters. The molecule has 22 heavy (non-hydrogen) atoms. The van der Waals surface area contributed by atoms with Crippen LogP contribution in [0.4, 0.5) is 0 Å². The fourth-order valence-corrected chi connectivity index (χ4v) is 3.34. The molecule has 2 aromatic rings. The molecule has 0 aromatic heterocycles. The van der Waals surface area contributed by atoms with Gasteiger partial charge in [0.15, 0.2) is 0 Å². The third-order valence-electron chi connectivity index (χ3n) is 4.54. The van der Waals surface area contributed by atoms with Crippen LogP contribution in [0.2, 0.25) is 0 Å². The summed E-state index contributed by atoms with van der Waals surface area (Å²) in [7, 11) is 1.68. The number of hydrogen-bond donors (Lipinski definition) is 0. The van der Waals surface area contributed by atoms with E-state index in [-0.39, 0.29) is 11.9 Å². The SMILES string of the molecule is COc1ccc(-c2cccc3c2CCN(C(C)=O)[C@@H]3C)cc1. The lowest BCUT2D eigenvalue weighted by Gasteiger charge is -2.35. The maximum Gasteiger partial charge on any atom is 0.219 e. The first-order valence-electron chi connectivity index (χ1n) is 7.65. The Kier molecular flexibility index (Phi) is 3.88. The van der Waals surface area contributed by atoms with E-state index in [9.17, 15) is 4.79 Å². The lowest BCUT2D eigenvalue weighted by molar-refractivity contribution is -0.131. The van der Waals surface area contributed by atoms with Gasteiger partial charge < -0.3 is 9.64 Å². The monoisotopic (exact) mass is 295 g/mol. The van der Waals surface area contributed by atoms with Crippen LogP contribution in [0.1, 0.15) is 31.0 Å². The van der Waals surface area contributed by atoms with E-state index >= 15 is 0 Å². The summed E-state index contributed by atoms with van der Waals surface area (Å²) in [6, 6.07) is 14.7. The smallest absolute Gasteiger partial charge is 0.219 e. The standard InChI is InChI=1S/C19H21NO2/c1-13-17-5-4-6-18(15-7-9-16(22-3)10-8-15)19(17)11-12-20(13)14(2)21/h4-10,13H,11-12H2,1-3H3/t13-/m1/s1. The van der Waals surface area contributed by atoms with Crippen LogP contribution in [0.25, 0.3) is 11.1 Å². The van der Waals surface area contributed by atoms with Crippen molar-refractivity contribution in [3.05, 3.63) is 53.6 Å². The summed E-state index contributed by atoms with van der Waals surface area (Å²) in [4.78, 5) is 13.7. The van der Waals surface area contributed by atoms with Gasteiger partial charge >= 0.3 is 0 Å². The summed E-state index contributed by atoms with van der Waals surface area (Å²) in [5, 5.41) is 0. The van der Waals surface area contributed by atoms with Crippen LogP contribution in [0.5, 0.6) is 5.75 Å². The molecule has 0 radical (unpaired) electrons. The van der Waals surface area contributed by atoms with Crippen molar-refractivity contribution in [1.29, 1.82) is 0 Å². The molecule has 0 unspecified atom stereocenters. The molecule has 0 saturated heterocycles. The fraction of sp³-hybridized carbons (Fsp3) is 0.316. The molecule has 114 valence electrons. The maximum absolute atomic E-state index is 11.8. The third-order valence-corrected chi connectivity index (χ3v) is 4.54. The molecular weight excluding hydrogens is 274 g/mol. The van der Waals surface area contributed by atoms with Crippen molar-refractivity contribution in [3.63, 3.8) is 0 Å². The number of ether oxygens (including phenoxy) is 1. The molecular formula is C19H21NO2. The largest absolute Gasteiger partial charge is 0.497 e. The van der Waals surface area contributed by atoms with Crippen LogP contribution < -0.4 is 4.74 Å². The van der Waals surface area contributed by atoms with Crippen molar-refractivity contribution in [2.75, 3.05) is 13.7 Å². The Labute approximate surface area is 131 Å². The first-order valence-corrected chi connectivity index (χ1v) is 7.65. The summed E-state index contributed by atoms with van der Waals surface area (Å²) in [6.07, 6.45) is 0.904. The number of amides is 1. The van der Waals surface area contributed by atoms with Crippen molar-refractivity contribution in [1.82, 2.24) is 4.90 Å². The number of nitrogens with zero attached hydrogens (tertiary/aromatic N) is 1. The topological polar surface area (TPSA) is 29.5 Å². The number of rotatable bonds is 2. The van der Waals surface area contributed by atoms with Crippen LogP contribution in [-0.2, 0) is 11.2 Å². The van der Waals surface area contributed by atoms with E-state index in [1.165, 1.54) is 22.3 Å². The lowest BCUT2D eigenvalue weighted by atomic mass is 9.87. The Bertz CT molecular complexity index is 691. The average molecular weight is 295 g/mol. The van der Waals surface area contributed by atoms with E-state index in [1.807, 2.05) is 17.0 Å². The number of fused-ring (bicyclic) bond motifs is 1. The van der Waals surface area contributed by atoms with E-state index in [0.717, 1.165) is 18.7 Å². The van der Waals surface area contributed by atoms with Gasteiger partial charge in [-0.2, -0.15) is 0 Å². The summed E-state index contributed by atoms with van der Waals surface area (Å²) in [6.45, 7) is 4.54. The van der Waals surface area contributed by atoms with Crippen molar-refractivity contribution >= 4 is 5.91 Å². The molecule has 1 heterocycles. The molecule has 3 rings (SSSR count). The fourth-order valence-electron chi connectivity index (χ4n) is 3.34. The van der Waals surface area contributed by atoms with E-state index in [0.29, 0.717) is 0 Å². The van der Waals surface area contributed by atoms with Gasteiger partial charge in [-0.05, 0) is 47.7 Å². The van der Waals surface area contributed by atoms with E-state index in [4.69, 9.17) is 4.74 Å². The molecule has 0 fully saturated rings. The van der Waals surface area contributed by atoms with Crippen LogP contribution in [0, 0.1) is 0 Å². The molecule has 0 bridgehead atoms. The second-order valence-corrected chi connectivity index (χ2v) is 5.74. The first-order chi connectivity index (χ1) is 10.6. The lowest BCUT2D eigenvalue weighted by Crippen LogP contribution is -2.37. The van der Waals surface area contributed by atoms with Crippen molar-refractivity contribution in [2.24, 2.45) is 0 Å². The van der Waals surface area contributed by atoms with E-state index in [1.54, 1.807) is 14.0 Å². The zero-order valence-electron chi connectivity index (χ0n) is 13.3. The van der Waals surface area contributed by atoms with Gasteiger partial charge in [0.25, 0.3) is 0 Å². The number of carbonyl (C=O) groups excluding carboxylic acids is 1. The number of methoxy groups -OCH3 is 1. The number of hydrogen-bond acceptors (Lipinski definition) is 2. The van der Waals surface area contributed by atoms with Gasteiger partial charge in [-0.1, -0.05) is 30.3 Å². The number of benzene rings is 2. The third kappa shape index (κ3) is 2.47. The van der Waals surface area contributed by atoms with Crippen LogP contribution >= 0.6 is 0 Å². The Morgan fingerprint density at radius 1 is 1.18 bits per heavy atom. The second kappa shape index (κ2) is 5.84. The molecule has 0 N–H and O–H groups in total. The Hall–Kier alpha value is -2.29. The van der Waals surface area contributed by atoms with Gasteiger partial charge in [0.2, 0.25) is 5.91 Å². The molecule has 0 aliphatic carbocycles. The quantitative estimate of drug-likeness (QED) is 0.842. The summed E-state index contributed by atoms with van der Waals surface area (Å²) < 4.78 is 5.23. The first kappa shape index (κ1) is 14.6. The van der Waals surface area contributed by atoms with Crippen LogP contribution in [-0.4, -0.2) is 24.5 Å². The van der Waals surface area contributed by atoms with Crippen molar-refractivity contribution in [2.45, 2.75) is 26.3 Å². The minimum atomic E-state index is 0.138. The van der Waals surface area contributed by atoms with Crippen molar-refractivity contribution < 1.29 is 9.53 Å². The highest BCUT2D eigenvalue weighted by molar-refractivity contribution is 5.76. The molecule has 0 saturated carbocycles. The summed E-state index contributed by atoms with van der Waals surface area (Å²) in [5.74, 6) is 1.01. The van der Waals surface area contributed by atoms with Gasteiger partial charge in [-0.3, -0.25) is 4.79 Å².